The maximum atomic E-state index is 11.9. The second kappa shape index (κ2) is 39.2. The summed E-state index contributed by atoms with van der Waals surface area (Å²) in [4.78, 5) is 26.3. The first-order chi connectivity index (χ1) is 45.6. The number of hydrogen-bond donors (Lipinski definition) is 1. The van der Waals surface area contributed by atoms with Crippen molar-refractivity contribution in [2.45, 2.75) is 107 Å². The zero-order valence-electron chi connectivity index (χ0n) is 57.7. The molecule has 0 saturated heterocycles. The molecule has 12 rings (SSSR count). The molecular formula is C88H91NO5S. The summed E-state index contributed by atoms with van der Waals surface area (Å²) < 4.78 is 16.7. The van der Waals surface area contributed by atoms with Crippen molar-refractivity contribution in [3.05, 3.63) is 380 Å². The maximum Gasteiger partial charge on any atom is 0.343 e. The third-order valence-corrected chi connectivity index (χ3v) is 15.4. The van der Waals surface area contributed by atoms with Gasteiger partial charge < -0.3 is 19.5 Å². The van der Waals surface area contributed by atoms with Crippen molar-refractivity contribution < 1.29 is 23.8 Å². The van der Waals surface area contributed by atoms with Gasteiger partial charge in [-0.25, -0.2) is 4.79 Å². The van der Waals surface area contributed by atoms with E-state index in [1.54, 1.807) is 36.0 Å². The molecule has 0 bridgehead atoms. The van der Waals surface area contributed by atoms with Gasteiger partial charge in [-0.2, -0.15) is 0 Å². The summed E-state index contributed by atoms with van der Waals surface area (Å²) in [5.74, 6) is 3.70. The van der Waals surface area contributed by atoms with E-state index in [9.17, 15) is 9.59 Å². The monoisotopic (exact) mass is 1270 g/mol. The number of hydrogen-bond acceptors (Lipinski definition) is 6. The summed E-state index contributed by atoms with van der Waals surface area (Å²) in [6, 6.07) is 96.4. The standard InChI is InChI=1S/C15H15NO.C15H14O2.2C14H14O.C14H14S.2C8H10/c1-11-3-7-13(8-4-11)15(17)16-14-9-5-12(2)6-10-14;1-11-3-7-13(8-4-11)15(16)17-14-9-5-12(2)6-10-14;1-11-3-7-13(8-4-11)15-14-9-5-12(2)6-10-14;1-11-6-8-13(9-7-11)15-14-5-3-4-12(2)10-14;1-11-3-7-13(8-4-11)15-14-9-5-12(2)6-10-14;1-7-3-5-8(2)6-4-7;1-7-4-3-5-8(2)6-7/h3-10H,1-2H3,(H,16,17);3-10H,1-2H3;3*3-10H,1-2H3;2*3-6H,1-2H3. The molecule has 1 amide bonds. The third kappa shape index (κ3) is 29.4. The molecule has 95 heavy (non-hydrogen) atoms. The molecule has 12 aromatic rings. The van der Waals surface area contributed by atoms with Crippen molar-refractivity contribution in [2.75, 3.05) is 5.32 Å². The van der Waals surface area contributed by atoms with Gasteiger partial charge in [0.15, 0.2) is 0 Å². The Hall–Kier alpha value is -10.5. The Morgan fingerprint density at radius 2 is 0.516 bits per heavy atom. The molecule has 0 heterocycles. The van der Waals surface area contributed by atoms with Crippen LogP contribution in [-0.2, 0) is 0 Å². The van der Waals surface area contributed by atoms with Crippen LogP contribution in [0.4, 0.5) is 5.69 Å². The Morgan fingerprint density at radius 3 is 0.842 bits per heavy atom. The normalized spacial score (nSPS) is 9.92. The summed E-state index contributed by atoms with van der Waals surface area (Å²) in [6.07, 6.45) is 0. The molecule has 0 aromatic heterocycles. The van der Waals surface area contributed by atoms with Gasteiger partial charge in [0, 0.05) is 21.0 Å². The lowest BCUT2D eigenvalue weighted by molar-refractivity contribution is 0.0734. The smallest absolute Gasteiger partial charge is 0.343 e. The van der Waals surface area contributed by atoms with Crippen LogP contribution in [0.15, 0.2) is 301 Å². The topological polar surface area (TPSA) is 73.9 Å². The van der Waals surface area contributed by atoms with Crippen LogP contribution in [0, 0.1) is 96.9 Å². The molecule has 484 valence electrons. The molecule has 0 aliphatic heterocycles. The summed E-state index contributed by atoms with van der Waals surface area (Å²) in [5.41, 5.74) is 19.5. The van der Waals surface area contributed by atoms with Crippen molar-refractivity contribution in [1.82, 2.24) is 0 Å². The highest BCUT2D eigenvalue weighted by Crippen LogP contribution is 2.28. The number of ether oxygens (including phenoxy) is 3. The first kappa shape index (κ1) is 73.6. The number of anilines is 1. The van der Waals surface area contributed by atoms with Crippen LogP contribution in [-0.4, -0.2) is 11.9 Å². The van der Waals surface area contributed by atoms with E-state index in [1.807, 2.05) is 191 Å². The Balaban J connectivity index is 0.000000178. The molecule has 0 spiro atoms. The van der Waals surface area contributed by atoms with Crippen LogP contribution in [0.2, 0.25) is 0 Å². The Bertz CT molecular complexity index is 3870. The fourth-order valence-electron chi connectivity index (χ4n) is 8.57. The number of benzene rings is 12. The predicted molar refractivity (Wildman–Crippen MR) is 401 cm³/mol. The molecule has 0 unspecified atom stereocenters. The highest BCUT2D eigenvalue weighted by molar-refractivity contribution is 7.99. The van der Waals surface area contributed by atoms with Gasteiger partial charge in [-0.3, -0.25) is 4.79 Å². The van der Waals surface area contributed by atoms with E-state index in [4.69, 9.17) is 14.2 Å². The van der Waals surface area contributed by atoms with Gasteiger partial charge in [-0.05, 0) is 224 Å². The SMILES string of the molecule is Cc1ccc(C)cc1.Cc1ccc(NC(=O)c2ccc(C)cc2)cc1.Cc1ccc(OC(=O)c2ccc(C)cc2)cc1.Cc1ccc(Oc2ccc(C)cc2)cc1.Cc1ccc(Oc2cccc(C)c2)cc1.Cc1ccc(Sc2ccc(C)cc2)cc1.Cc1cccc(C)c1. The van der Waals surface area contributed by atoms with Crippen LogP contribution in [0.5, 0.6) is 28.7 Å². The highest BCUT2D eigenvalue weighted by Gasteiger charge is 2.09. The van der Waals surface area contributed by atoms with Crippen molar-refractivity contribution in [3.8, 4) is 28.7 Å². The average Bonchev–Trinajstić information content (AvgIpc) is 2.19. The zero-order valence-corrected chi connectivity index (χ0v) is 58.5. The first-order valence-electron chi connectivity index (χ1n) is 31.9. The second-order valence-corrected chi connectivity index (χ2v) is 24.9. The lowest BCUT2D eigenvalue weighted by Crippen LogP contribution is -2.11. The molecule has 12 aromatic carbocycles. The maximum absolute atomic E-state index is 11.9. The van der Waals surface area contributed by atoms with Gasteiger partial charge in [0.05, 0.1) is 5.56 Å². The summed E-state index contributed by atoms with van der Waals surface area (Å²) >= 11 is 1.80. The molecule has 0 atom stereocenters. The van der Waals surface area contributed by atoms with Crippen molar-refractivity contribution in [2.24, 2.45) is 0 Å². The lowest BCUT2D eigenvalue weighted by Gasteiger charge is -2.06. The van der Waals surface area contributed by atoms with Crippen LogP contribution in [0.25, 0.3) is 0 Å². The minimum absolute atomic E-state index is 0.0751. The van der Waals surface area contributed by atoms with Gasteiger partial charge in [0.1, 0.15) is 28.7 Å². The zero-order chi connectivity index (χ0) is 68.5. The number of rotatable bonds is 10. The Labute approximate surface area is 570 Å². The molecule has 7 heteroatoms. The van der Waals surface area contributed by atoms with Gasteiger partial charge >= 0.3 is 5.97 Å². The molecule has 0 saturated carbocycles. The number of carbonyl (C=O) groups is 2. The molecule has 0 aliphatic rings. The van der Waals surface area contributed by atoms with E-state index in [1.165, 1.54) is 71.0 Å². The molecule has 6 nitrogen and oxygen atoms in total. The highest BCUT2D eigenvalue weighted by atomic mass is 32.2. The Kier molecular flexibility index (Phi) is 30.3. The summed E-state index contributed by atoms with van der Waals surface area (Å²) in [5, 5.41) is 2.87. The largest absolute Gasteiger partial charge is 0.457 e. The first-order valence-corrected chi connectivity index (χ1v) is 32.7. The van der Waals surface area contributed by atoms with E-state index in [0.717, 1.165) is 45.4 Å². The van der Waals surface area contributed by atoms with Crippen LogP contribution < -0.4 is 19.5 Å². The van der Waals surface area contributed by atoms with Crippen molar-refractivity contribution >= 4 is 29.3 Å². The van der Waals surface area contributed by atoms with Crippen LogP contribution in [0.1, 0.15) is 98.6 Å². The van der Waals surface area contributed by atoms with E-state index in [-0.39, 0.29) is 11.9 Å². The van der Waals surface area contributed by atoms with Crippen molar-refractivity contribution in [1.29, 1.82) is 0 Å². The predicted octanol–water partition coefficient (Wildman–Crippen LogP) is 24.3. The van der Waals surface area contributed by atoms with Gasteiger partial charge in [0.25, 0.3) is 5.91 Å². The second-order valence-electron chi connectivity index (χ2n) is 23.8. The molecule has 1 N–H and O–H groups in total. The third-order valence-electron chi connectivity index (χ3n) is 14.3. The van der Waals surface area contributed by atoms with Crippen molar-refractivity contribution in [3.63, 3.8) is 0 Å². The molecule has 0 aliphatic carbocycles. The molecule has 0 fully saturated rings. The fourth-order valence-corrected chi connectivity index (χ4v) is 9.39. The van der Waals surface area contributed by atoms with E-state index in [2.05, 4.69) is 178 Å². The van der Waals surface area contributed by atoms with Crippen LogP contribution in [0.3, 0.4) is 0 Å². The van der Waals surface area contributed by atoms with E-state index in [0.29, 0.717) is 16.9 Å². The fraction of sp³-hybridized carbons (Fsp3) is 0.159. The summed E-state index contributed by atoms with van der Waals surface area (Å²) in [7, 11) is 0. The van der Waals surface area contributed by atoms with Gasteiger partial charge in [-0.1, -0.05) is 254 Å². The quantitative estimate of drug-likeness (QED) is 0.109. The molecular weight excluding hydrogens is 1180 g/mol. The number of aryl methyl sites for hydroxylation is 14. The van der Waals surface area contributed by atoms with Gasteiger partial charge in [-0.15, -0.1) is 0 Å². The minimum Gasteiger partial charge on any atom is -0.457 e. The minimum atomic E-state index is -0.325. The van der Waals surface area contributed by atoms with E-state index < -0.39 is 0 Å². The number of esters is 1. The Morgan fingerprint density at radius 1 is 0.253 bits per heavy atom. The number of nitrogens with one attached hydrogen (secondary N) is 1. The van der Waals surface area contributed by atoms with Crippen LogP contribution >= 0.6 is 11.8 Å². The lowest BCUT2D eigenvalue weighted by atomic mass is 10.1. The number of amides is 1. The van der Waals surface area contributed by atoms with Gasteiger partial charge in [0.2, 0.25) is 0 Å². The summed E-state index contributed by atoms with van der Waals surface area (Å²) in [6.45, 7) is 28.9. The average molecular weight is 1270 g/mol. The molecule has 0 radical (unpaired) electrons. The number of carbonyl (C=O) groups excluding carboxylic acids is 2. The van der Waals surface area contributed by atoms with E-state index >= 15 is 0 Å².